The van der Waals surface area contributed by atoms with E-state index in [0.29, 0.717) is 18.4 Å². The van der Waals surface area contributed by atoms with Crippen LogP contribution >= 0.6 is 0 Å². The average molecular weight is 315 g/mol. The largest absolute Gasteiger partial charge is 0.376 e. The molecule has 5 heteroatoms. The summed E-state index contributed by atoms with van der Waals surface area (Å²) in [5, 5.41) is 3.09. The summed E-state index contributed by atoms with van der Waals surface area (Å²) in [7, 11) is 0. The molecule has 2 saturated heterocycles. The first kappa shape index (κ1) is 15.1. The Bertz CT molecular complexity index is 546. The van der Waals surface area contributed by atoms with Crippen LogP contribution in [0.25, 0.3) is 0 Å². The molecule has 124 valence electrons. The van der Waals surface area contributed by atoms with Crippen LogP contribution in [0.4, 0.5) is 0 Å². The maximum atomic E-state index is 11.8. The van der Waals surface area contributed by atoms with Gasteiger partial charge in [0.2, 0.25) is 5.91 Å². The average Bonchev–Trinajstić information content (AvgIpc) is 3.35. The van der Waals surface area contributed by atoms with E-state index in [2.05, 4.69) is 21.3 Å². The van der Waals surface area contributed by atoms with Crippen molar-refractivity contribution in [2.45, 2.75) is 31.9 Å². The van der Waals surface area contributed by atoms with E-state index in [9.17, 15) is 4.79 Å². The third-order valence-corrected chi connectivity index (χ3v) is 5.45. The third-order valence-electron chi connectivity index (χ3n) is 5.45. The van der Waals surface area contributed by atoms with Gasteiger partial charge in [0.15, 0.2) is 0 Å². The number of carbonyl (C=O) groups excluding carboxylic acids is 1. The number of likely N-dealkylation sites (tertiary alicyclic amines) is 1. The summed E-state index contributed by atoms with van der Waals surface area (Å²) in [6.07, 6.45) is 7.26. The second-order valence-corrected chi connectivity index (χ2v) is 7.20. The van der Waals surface area contributed by atoms with Gasteiger partial charge in [0.05, 0.1) is 12.7 Å². The lowest BCUT2D eigenvalue weighted by atomic mass is 9.84. The molecular weight excluding hydrogens is 290 g/mol. The molecule has 1 aromatic heterocycles. The number of hydrogen-bond acceptors (Lipinski definition) is 4. The monoisotopic (exact) mass is 315 g/mol. The highest BCUT2D eigenvalue weighted by molar-refractivity contribution is 5.80. The van der Waals surface area contributed by atoms with Gasteiger partial charge < -0.3 is 10.1 Å². The van der Waals surface area contributed by atoms with E-state index in [1.54, 1.807) is 0 Å². The summed E-state index contributed by atoms with van der Waals surface area (Å²) >= 11 is 0. The SMILES string of the molecule is O=C(NC[C@@H]1OC[C@H]2CCN(Cc3cccnc3)C[C@H]21)C1CC1. The Morgan fingerprint density at radius 1 is 1.39 bits per heavy atom. The molecule has 1 aliphatic carbocycles. The molecule has 1 aromatic rings. The molecule has 23 heavy (non-hydrogen) atoms. The predicted molar refractivity (Wildman–Crippen MR) is 86.6 cm³/mol. The zero-order chi connectivity index (χ0) is 15.6. The number of aromatic nitrogens is 1. The second-order valence-electron chi connectivity index (χ2n) is 7.20. The lowest BCUT2D eigenvalue weighted by molar-refractivity contribution is -0.122. The highest BCUT2D eigenvalue weighted by Crippen LogP contribution is 2.35. The minimum atomic E-state index is 0.180. The summed E-state index contributed by atoms with van der Waals surface area (Å²) in [6, 6.07) is 4.13. The molecule has 1 N–H and O–H groups in total. The van der Waals surface area contributed by atoms with Crippen molar-refractivity contribution >= 4 is 5.91 Å². The number of pyridine rings is 1. The van der Waals surface area contributed by atoms with Crippen LogP contribution in [0, 0.1) is 17.8 Å². The van der Waals surface area contributed by atoms with Gasteiger partial charge in [-0.15, -0.1) is 0 Å². The fraction of sp³-hybridized carbons (Fsp3) is 0.667. The molecule has 0 unspecified atom stereocenters. The molecule has 5 nitrogen and oxygen atoms in total. The van der Waals surface area contributed by atoms with Crippen molar-refractivity contribution in [1.82, 2.24) is 15.2 Å². The van der Waals surface area contributed by atoms with Crippen molar-refractivity contribution in [2.24, 2.45) is 17.8 Å². The van der Waals surface area contributed by atoms with Crippen LogP contribution in [0.2, 0.25) is 0 Å². The van der Waals surface area contributed by atoms with E-state index in [0.717, 1.165) is 39.1 Å². The number of hydrogen-bond donors (Lipinski definition) is 1. The molecule has 3 aliphatic rings. The number of nitrogens with zero attached hydrogens (tertiary/aromatic N) is 2. The first-order valence-corrected chi connectivity index (χ1v) is 8.80. The molecule has 3 heterocycles. The molecule has 0 spiro atoms. The van der Waals surface area contributed by atoms with Crippen molar-refractivity contribution < 1.29 is 9.53 Å². The fourth-order valence-corrected chi connectivity index (χ4v) is 3.89. The Morgan fingerprint density at radius 3 is 3.09 bits per heavy atom. The lowest BCUT2D eigenvalue weighted by Gasteiger charge is -2.36. The molecular formula is C18H25N3O2. The fourth-order valence-electron chi connectivity index (χ4n) is 3.89. The minimum absolute atomic E-state index is 0.180. The van der Waals surface area contributed by atoms with Gasteiger partial charge in [-0.1, -0.05) is 6.07 Å². The standard InChI is InChI=1S/C18H25N3O2/c22-18(14-3-4-14)20-9-17-16-11-21(7-5-15(16)12-23-17)10-13-2-1-6-19-8-13/h1-2,6,8,14-17H,3-5,7,9-12H2,(H,20,22)/t15-,16-,17+/m1/s1. The maximum absolute atomic E-state index is 11.8. The molecule has 0 radical (unpaired) electrons. The normalized spacial score (nSPS) is 30.9. The Balaban J connectivity index is 1.32. The van der Waals surface area contributed by atoms with Crippen LogP contribution in [-0.2, 0) is 16.1 Å². The van der Waals surface area contributed by atoms with Gasteiger partial charge in [-0.05, 0) is 43.4 Å². The number of carbonyl (C=O) groups is 1. The number of rotatable bonds is 5. The second kappa shape index (κ2) is 6.57. The number of amides is 1. The number of nitrogens with one attached hydrogen (secondary N) is 1. The zero-order valence-electron chi connectivity index (χ0n) is 13.5. The van der Waals surface area contributed by atoms with Crippen LogP contribution in [0.5, 0.6) is 0 Å². The van der Waals surface area contributed by atoms with E-state index < -0.39 is 0 Å². The van der Waals surface area contributed by atoms with Gasteiger partial charge in [0, 0.05) is 43.9 Å². The Morgan fingerprint density at radius 2 is 2.30 bits per heavy atom. The molecule has 1 amide bonds. The van der Waals surface area contributed by atoms with Crippen molar-refractivity contribution in [2.75, 3.05) is 26.2 Å². The molecule has 1 saturated carbocycles. The predicted octanol–water partition coefficient (Wildman–Crippen LogP) is 1.44. The lowest BCUT2D eigenvalue weighted by Crippen LogP contribution is -2.45. The van der Waals surface area contributed by atoms with E-state index in [1.165, 1.54) is 12.0 Å². The number of ether oxygens (including phenoxy) is 1. The van der Waals surface area contributed by atoms with Gasteiger partial charge in [0.1, 0.15) is 0 Å². The van der Waals surface area contributed by atoms with Crippen molar-refractivity contribution in [1.29, 1.82) is 0 Å². The van der Waals surface area contributed by atoms with Crippen molar-refractivity contribution in [3.8, 4) is 0 Å². The van der Waals surface area contributed by atoms with Crippen LogP contribution < -0.4 is 5.32 Å². The number of fused-ring (bicyclic) bond motifs is 1. The third kappa shape index (κ3) is 3.56. The van der Waals surface area contributed by atoms with Crippen LogP contribution in [-0.4, -0.2) is 48.1 Å². The molecule has 0 aromatic carbocycles. The first-order valence-electron chi connectivity index (χ1n) is 8.80. The summed E-state index contributed by atoms with van der Waals surface area (Å²) in [6.45, 7) is 4.68. The van der Waals surface area contributed by atoms with Gasteiger partial charge in [-0.25, -0.2) is 0 Å². The minimum Gasteiger partial charge on any atom is -0.376 e. The van der Waals surface area contributed by atoms with Gasteiger partial charge in [-0.3, -0.25) is 14.7 Å². The summed E-state index contributed by atoms with van der Waals surface area (Å²) in [4.78, 5) is 18.6. The quantitative estimate of drug-likeness (QED) is 0.893. The van der Waals surface area contributed by atoms with E-state index >= 15 is 0 Å². The maximum Gasteiger partial charge on any atom is 0.223 e. The highest BCUT2D eigenvalue weighted by atomic mass is 16.5. The zero-order valence-corrected chi connectivity index (χ0v) is 13.5. The summed E-state index contributed by atoms with van der Waals surface area (Å²) < 4.78 is 6.00. The van der Waals surface area contributed by atoms with Crippen molar-refractivity contribution in [3.63, 3.8) is 0 Å². The molecule has 2 aliphatic heterocycles. The summed E-state index contributed by atoms with van der Waals surface area (Å²) in [5.74, 6) is 1.70. The van der Waals surface area contributed by atoms with Crippen LogP contribution in [0.3, 0.4) is 0 Å². The topological polar surface area (TPSA) is 54.5 Å². The Kier molecular flexibility index (Phi) is 4.31. The van der Waals surface area contributed by atoms with E-state index in [-0.39, 0.29) is 17.9 Å². The first-order chi connectivity index (χ1) is 11.3. The Hall–Kier alpha value is -1.46. The summed E-state index contributed by atoms with van der Waals surface area (Å²) in [5.41, 5.74) is 1.27. The molecule has 0 bridgehead atoms. The van der Waals surface area contributed by atoms with Crippen LogP contribution in [0.15, 0.2) is 24.5 Å². The van der Waals surface area contributed by atoms with E-state index in [1.807, 2.05) is 18.5 Å². The number of piperidine rings is 1. The highest BCUT2D eigenvalue weighted by Gasteiger charge is 2.41. The van der Waals surface area contributed by atoms with Gasteiger partial charge in [-0.2, -0.15) is 0 Å². The smallest absolute Gasteiger partial charge is 0.223 e. The molecule has 3 fully saturated rings. The van der Waals surface area contributed by atoms with Crippen molar-refractivity contribution in [3.05, 3.63) is 30.1 Å². The van der Waals surface area contributed by atoms with Gasteiger partial charge in [0.25, 0.3) is 0 Å². The molecule has 3 atom stereocenters. The van der Waals surface area contributed by atoms with E-state index in [4.69, 9.17) is 4.74 Å². The molecule has 4 rings (SSSR count). The van der Waals surface area contributed by atoms with Crippen LogP contribution in [0.1, 0.15) is 24.8 Å². The van der Waals surface area contributed by atoms with Gasteiger partial charge >= 0.3 is 0 Å². The Labute approximate surface area is 137 Å².